The van der Waals surface area contributed by atoms with E-state index in [1.165, 1.54) is 89.0 Å². The molecule has 0 saturated carbocycles. The van der Waals surface area contributed by atoms with Crippen molar-refractivity contribution >= 4 is 23.6 Å². The van der Waals surface area contributed by atoms with Crippen LogP contribution < -0.4 is 21.3 Å². The average molecular weight is 609 g/mol. The maximum absolute atomic E-state index is 12.2. The van der Waals surface area contributed by atoms with Crippen molar-refractivity contribution in [3.8, 4) is 0 Å². The molecule has 2 atom stereocenters. The van der Waals surface area contributed by atoms with Crippen LogP contribution in [0.4, 0.5) is 0 Å². The van der Waals surface area contributed by atoms with Gasteiger partial charge in [0.1, 0.15) is 0 Å². The van der Waals surface area contributed by atoms with Gasteiger partial charge in [0, 0.05) is 35.9 Å². The van der Waals surface area contributed by atoms with Crippen LogP contribution in [0.1, 0.15) is 124 Å². The predicted octanol–water partition coefficient (Wildman–Crippen LogP) is 5.11. The molecule has 2 rings (SSSR count). The van der Waals surface area contributed by atoms with Gasteiger partial charge < -0.3 is 10.6 Å². The van der Waals surface area contributed by atoms with E-state index >= 15 is 0 Å². The summed E-state index contributed by atoms with van der Waals surface area (Å²) >= 11 is 0. The standard InChI is InChI=1S/C34H52N6O4/c1-27(31(41)39-33(43)29-17-23-35-24-18-29)37-21-15-13-11-9-7-5-3-4-6-8-10-12-14-16-22-38-28(2)32(42)40-34(44)30-19-25-36-26-20-30/h17-20,23-28,37-38H,3-16,21-22H2,1-2H3,(H,39,41,43)(H,40,42,44). The molecule has 0 spiro atoms. The summed E-state index contributed by atoms with van der Waals surface area (Å²) in [7, 11) is 0. The molecule has 2 unspecified atom stereocenters. The Morgan fingerprint density at radius 1 is 0.500 bits per heavy atom. The van der Waals surface area contributed by atoms with E-state index in [-0.39, 0.29) is 11.8 Å². The van der Waals surface area contributed by atoms with E-state index in [9.17, 15) is 19.2 Å². The minimum Gasteiger partial charge on any atom is -0.306 e. The summed E-state index contributed by atoms with van der Waals surface area (Å²) in [5.74, 6) is -1.43. The molecule has 4 N–H and O–H groups in total. The third kappa shape index (κ3) is 16.4. The summed E-state index contributed by atoms with van der Waals surface area (Å²) in [6.07, 6.45) is 23.2. The number of hydrogen-bond acceptors (Lipinski definition) is 8. The molecule has 0 aromatic carbocycles. The highest BCUT2D eigenvalue weighted by atomic mass is 16.2. The number of carbonyl (C=O) groups excluding carboxylic acids is 4. The molecule has 44 heavy (non-hydrogen) atoms. The summed E-state index contributed by atoms with van der Waals surface area (Å²) in [5, 5.41) is 11.3. The van der Waals surface area contributed by atoms with Crippen molar-refractivity contribution in [1.29, 1.82) is 0 Å². The Labute approximate surface area is 263 Å². The van der Waals surface area contributed by atoms with Gasteiger partial charge in [-0.15, -0.1) is 0 Å². The molecule has 10 nitrogen and oxygen atoms in total. The zero-order valence-electron chi connectivity index (χ0n) is 26.6. The molecule has 242 valence electrons. The average Bonchev–Trinajstić information content (AvgIpc) is 3.04. The van der Waals surface area contributed by atoms with Gasteiger partial charge in [-0.1, -0.05) is 77.0 Å². The van der Waals surface area contributed by atoms with E-state index in [1.54, 1.807) is 38.1 Å². The van der Waals surface area contributed by atoms with Gasteiger partial charge in [0.2, 0.25) is 11.8 Å². The minimum atomic E-state index is -0.413. The number of carbonyl (C=O) groups is 4. The van der Waals surface area contributed by atoms with Gasteiger partial charge in [-0.25, -0.2) is 0 Å². The summed E-state index contributed by atoms with van der Waals surface area (Å²) in [6, 6.07) is 5.50. The summed E-state index contributed by atoms with van der Waals surface area (Å²) in [5.41, 5.74) is 0.846. The molecule has 0 saturated heterocycles. The normalized spacial score (nSPS) is 12.3. The van der Waals surface area contributed by atoms with Crippen molar-refractivity contribution in [3.05, 3.63) is 60.2 Å². The fraction of sp³-hybridized carbons (Fsp3) is 0.588. The molecule has 0 aliphatic heterocycles. The first kappa shape index (κ1) is 36.7. The molecule has 10 heteroatoms. The summed E-state index contributed by atoms with van der Waals surface area (Å²) in [4.78, 5) is 56.3. The van der Waals surface area contributed by atoms with Crippen LogP contribution >= 0.6 is 0 Å². The number of unbranched alkanes of at least 4 members (excludes halogenated alkanes) is 13. The molecule has 2 aromatic heterocycles. The van der Waals surface area contributed by atoms with E-state index in [0.717, 1.165) is 38.8 Å². The zero-order chi connectivity index (χ0) is 31.8. The Balaban J connectivity index is 1.31. The molecule has 0 aliphatic carbocycles. The number of rotatable bonds is 23. The molecule has 2 aromatic rings. The van der Waals surface area contributed by atoms with Crippen molar-refractivity contribution in [2.75, 3.05) is 13.1 Å². The van der Waals surface area contributed by atoms with Crippen LogP contribution in [0.5, 0.6) is 0 Å². The van der Waals surface area contributed by atoms with Gasteiger partial charge in [0.25, 0.3) is 11.8 Å². The lowest BCUT2D eigenvalue weighted by atomic mass is 10.0. The van der Waals surface area contributed by atoms with Crippen LogP contribution in [0.25, 0.3) is 0 Å². The number of pyridine rings is 2. The number of nitrogens with one attached hydrogen (secondary N) is 4. The third-order valence-corrected chi connectivity index (χ3v) is 7.65. The molecular formula is C34H52N6O4. The Bertz CT molecular complexity index is 1010. The third-order valence-electron chi connectivity index (χ3n) is 7.65. The molecule has 4 amide bonds. The van der Waals surface area contributed by atoms with Gasteiger partial charge in [-0.05, 0) is 64.0 Å². The fourth-order valence-electron chi connectivity index (χ4n) is 4.79. The van der Waals surface area contributed by atoms with Gasteiger partial charge >= 0.3 is 0 Å². The maximum Gasteiger partial charge on any atom is 0.257 e. The largest absolute Gasteiger partial charge is 0.306 e. The van der Waals surface area contributed by atoms with E-state index in [2.05, 4.69) is 31.2 Å². The monoisotopic (exact) mass is 608 g/mol. The zero-order valence-corrected chi connectivity index (χ0v) is 26.6. The van der Waals surface area contributed by atoms with Gasteiger partial charge in [-0.3, -0.25) is 39.8 Å². The highest BCUT2D eigenvalue weighted by Crippen LogP contribution is 2.13. The SMILES string of the molecule is CC(NCCCCCCCCCCCCCCCCNC(C)C(=O)NC(=O)c1ccncc1)C(=O)NC(=O)c1ccncc1. The number of imide groups is 2. The fourth-order valence-corrected chi connectivity index (χ4v) is 4.79. The van der Waals surface area contributed by atoms with Crippen LogP contribution in [-0.2, 0) is 9.59 Å². The van der Waals surface area contributed by atoms with Crippen molar-refractivity contribution < 1.29 is 19.2 Å². The van der Waals surface area contributed by atoms with Crippen molar-refractivity contribution in [3.63, 3.8) is 0 Å². The minimum absolute atomic E-state index is 0.314. The van der Waals surface area contributed by atoms with E-state index in [4.69, 9.17) is 0 Å². The smallest absolute Gasteiger partial charge is 0.257 e. The molecular weight excluding hydrogens is 556 g/mol. The molecule has 0 aliphatic rings. The lowest BCUT2D eigenvalue weighted by molar-refractivity contribution is -0.122. The first-order valence-electron chi connectivity index (χ1n) is 16.4. The topological polar surface area (TPSA) is 142 Å². The van der Waals surface area contributed by atoms with Crippen LogP contribution in [0.3, 0.4) is 0 Å². The van der Waals surface area contributed by atoms with Gasteiger partial charge in [-0.2, -0.15) is 0 Å². The van der Waals surface area contributed by atoms with Crippen LogP contribution in [0, 0.1) is 0 Å². The first-order valence-corrected chi connectivity index (χ1v) is 16.4. The van der Waals surface area contributed by atoms with E-state index < -0.39 is 23.9 Å². The first-order chi connectivity index (χ1) is 21.4. The Morgan fingerprint density at radius 3 is 1.07 bits per heavy atom. The highest BCUT2D eigenvalue weighted by Gasteiger charge is 2.17. The van der Waals surface area contributed by atoms with Crippen molar-refractivity contribution in [1.82, 2.24) is 31.2 Å². The Morgan fingerprint density at radius 2 is 0.773 bits per heavy atom. The molecule has 0 fully saturated rings. The van der Waals surface area contributed by atoms with Crippen LogP contribution in [0.15, 0.2) is 49.1 Å². The number of hydrogen-bond donors (Lipinski definition) is 4. The van der Waals surface area contributed by atoms with Crippen molar-refractivity contribution in [2.45, 2.75) is 116 Å². The van der Waals surface area contributed by atoms with Crippen molar-refractivity contribution in [2.24, 2.45) is 0 Å². The number of nitrogens with zero attached hydrogens (tertiary/aromatic N) is 2. The lowest BCUT2D eigenvalue weighted by Gasteiger charge is -2.13. The van der Waals surface area contributed by atoms with E-state index in [0.29, 0.717) is 11.1 Å². The second-order valence-corrected chi connectivity index (χ2v) is 11.4. The van der Waals surface area contributed by atoms with E-state index in [1.807, 2.05) is 0 Å². The maximum atomic E-state index is 12.2. The predicted molar refractivity (Wildman–Crippen MR) is 173 cm³/mol. The molecule has 0 radical (unpaired) electrons. The van der Waals surface area contributed by atoms with Crippen LogP contribution in [0.2, 0.25) is 0 Å². The quantitative estimate of drug-likeness (QED) is 0.128. The number of aromatic nitrogens is 2. The lowest BCUT2D eigenvalue weighted by Crippen LogP contribution is -2.44. The summed E-state index contributed by atoms with van der Waals surface area (Å²) in [6.45, 7) is 5.08. The van der Waals surface area contributed by atoms with Gasteiger partial charge in [0.05, 0.1) is 12.1 Å². The second kappa shape index (κ2) is 23.0. The molecule has 2 heterocycles. The number of amides is 4. The Hall–Kier alpha value is -3.50. The van der Waals surface area contributed by atoms with Crippen LogP contribution in [-0.4, -0.2) is 58.8 Å². The molecule has 0 bridgehead atoms. The second-order valence-electron chi connectivity index (χ2n) is 11.4. The summed E-state index contributed by atoms with van der Waals surface area (Å²) < 4.78 is 0. The highest BCUT2D eigenvalue weighted by molar-refractivity contribution is 6.06. The Kier molecular flexibility index (Phi) is 19.1. The van der Waals surface area contributed by atoms with Gasteiger partial charge in [0.15, 0.2) is 0 Å².